The molecule has 0 N–H and O–H groups in total. The van der Waals surface area contributed by atoms with E-state index in [0.29, 0.717) is 17.1 Å². The minimum absolute atomic E-state index is 0.126. The molecule has 0 aromatic carbocycles. The number of rotatable bonds is 2. The molecule has 2 amide bonds. The van der Waals surface area contributed by atoms with Gasteiger partial charge < -0.3 is 14.2 Å². The number of fused-ring (bicyclic) bond motifs is 3. The predicted octanol–water partition coefficient (Wildman–Crippen LogP) is 3.22. The number of carbonyl (C=O) groups is 3. The van der Waals surface area contributed by atoms with Crippen molar-refractivity contribution in [2.24, 2.45) is 11.8 Å². The average Bonchev–Trinajstić information content (AvgIpc) is 3.28. The molecule has 7 heteroatoms. The van der Waals surface area contributed by atoms with Crippen molar-refractivity contribution >= 4 is 18.0 Å². The van der Waals surface area contributed by atoms with E-state index in [1.165, 1.54) is 11.2 Å². The van der Waals surface area contributed by atoms with Gasteiger partial charge in [-0.1, -0.05) is 6.08 Å². The van der Waals surface area contributed by atoms with Gasteiger partial charge in [0.05, 0.1) is 17.9 Å². The van der Waals surface area contributed by atoms with E-state index in [9.17, 15) is 14.4 Å². The number of amides is 2. The molecule has 1 saturated heterocycles. The van der Waals surface area contributed by atoms with Gasteiger partial charge in [-0.3, -0.25) is 4.79 Å². The smallest absolute Gasteiger partial charge is 0.417 e. The zero-order valence-corrected chi connectivity index (χ0v) is 16.6. The number of ether oxygens (including phenoxy) is 3. The second-order valence-electron chi connectivity index (χ2n) is 8.75. The van der Waals surface area contributed by atoms with Crippen LogP contribution in [-0.2, 0) is 23.8 Å². The van der Waals surface area contributed by atoms with Crippen LogP contribution in [0.1, 0.15) is 47.0 Å². The van der Waals surface area contributed by atoms with Crippen molar-refractivity contribution < 1.29 is 28.6 Å². The van der Waals surface area contributed by atoms with Crippen LogP contribution in [0.25, 0.3) is 0 Å². The first-order valence-corrected chi connectivity index (χ1v) is 9.67. The molecule has 2 fully saturated rings. The topological polar surface area (TPSA) is 82.1 Å². The van der Waals surface area contributed by atoms with Gasteiger partial charge in [-0.15, -0.1) is 0 Å². The van der Waals surface area contributed by atoms with E-state index in [-0.39, 0.29) is 12.0 Å². The standard InChI is InChI=1S/C21H25NO6/c1-11-8-16(27-19(11)24)26-10-15-14-9-12-6-5-7-13(12)17(14)22(18(15)23)20(25)28-21(2,3)4/h7-8,10,12,14,16-17H,5-6,9H2,1-4H3/t12-,14+,16+,17+/m0/s1. The third-order valence-electron chi connectivity index (χ3n) is 5.62. The van der Waals surface area contributed by atoms with Crippen molar-refractivity contribution in [3.63, 3.8) is 0 Å². The number of nitrogens with zero attached hydrogens (tertiary/aromatic N) is 1. The van der Waals surface area contributed by atoms with Gasteiger partial charge >= 0.3 is 12.1 Å². The molecule has 0 radical (unpaired) electrons. The summed E-state index contributed by atoms with van der Waals surface area (Å²) in [7, 11) is 0. The molecule has 0 bridgehead atoms. The Morgan fingerprint density at radius 3 is 2.71 bits per heavy atom. The maximum atomic E-state index is 13.1. The monoisotopic (exact) mass is 387 g/mol. The Kier molecular flexibility index (Phi) is 4.36. The molecule has 0 aromatic rings. The van der Waals surface area contributed by atoms with E-state index in [0.717, 1.165) is 24.8 Å². The summed E-state index contributed by atoms with van der Waals surface area (Å²) in [6, 6.07) is -0.312. The molecule has 2 aliphatic heterocycles. The molecule has 0 aromatic heterocycles. The molecular weight excluding hydrogens is 362 g/mol. The van der Waals surface area contributed by atoms with Crippen molar-refractivity contribution in [1.82, 2.24) is 4.90 Å². The van der Waals surface area contributed by atoms with Crippen LogP contribution in [0.2, 0.25) is 0 Å². The number of cyclic esters (lactones) is 1. The predicted molar refractivity (Wildman–Crippen MR) is 98.6 cm³/mol. The van der Waals surface area contributed by atoms with Crippen molar-refractivity contribution in [1.29, 1.82) is 0 Å². The summed E-state index contributed by atoms with van der Waals surface area (Å²) >= 11 is 0. The van der Waals surface area contributed by atoms with Gasteiger partial charge in [0.1, 0.15) is 5.60 Å². The third-order valence-corrected chi connectivity index (χ3v) is 5.62. The molecule has 28 heavy (non-hydrogen) atoms. The minimum atomic E-state index is -0.845. The largest absolute Gasteiger partial charge is 0.458 e. The molecule has 2 aliphatic carbocycles. The van der Waals surface area contributed by atoms with Crippen LogP contribution < -0.4 is 0 Å². The second-order valence-corrected chi connectivity index (χ2v) is 8.75. The molecule has 7 nitrogen and oxygen atoms in total. The molecular formula is C21H25NO6. The summed E-state index contributed by atoms with van der Waals surface area (Å²) in [6.07, 6.45) is 6.40. The first kappa shape index (κ1) is 18.8. The van der Waals surface area contributed by atoms with Gasteiger partial charge in [0, 0.05) is 17.6 Å². The number of carbonyl (C=O) groups excluding carboxylic acids is 3. The van der Waals surface area contributed by atoms with Crippen molar-refractivity contribution in [2.45, 2.75) is 64.9 Å². The Hall–Kier alpha value is -2.57. The van der Waals surface area contributed by atoms with Crippen molar-refractivity contribution in [2.75, 3.05) is 0 Å². The van der Waals surface area contributed by atoms with Gasteiger partial charge in [-0.2, -0.15) is 0 Å². The molecule has 4 atom stereocenters. The van der Waals surface area contributed by atoms with E-state index in [1.807, 2.05) is 0 Å². The van der Waals surface area contributed by atoms with Gasteiger partial charge in [0.2, 0.25) is 0 Å². The Morgan fingerprint density at radius 1 is 1.32 bits per heavy atom. The number of imide groups is 1. The highest BCUT2D eigenvalue weighted by Crippen LogP contribution is 2.52. The lowest BCUT2D eigenvalue weighted by atomic mass is 9.96. The number of allylic oxidation sites excluding steroid dienone is 1. The van der Waals surface area contributed by atoms with E-state index < -0.39 is 29.9 Å². The highest BCUT2D eigenvalue weighted by atomic mass is 16.7. The van der Waals surface area contributed by atoms with Crippen LogP contribution in [0.4, 0.5) is 4.79 Å². The number of esters is 1. The van der Waals surface area contributed by atoms with Gasteiger partial charge in [0.25, 0.3) is 12.2 Å². The molecule has 4 aliphatic rings. The first-order valence-electron chi connectivity index (χ1n) is 9.67. The Balaban J connectivity index is 1.61. The van der Waals surface area contributed by atoms with Gasteiger partial charge in [-0.05, 0) is 58.4 Å². The SMILES string of the molecule is CC1=C[C@H](OC=C2C(=O)N(C(=O)OC(C)(C)C)[C@@H]3C4=CCC[C@H]4C[C@H]23)OC1=O. The maximum Gasteiger partial charge on any atom is 0.417 e. The van der Waals surface area contributed by atoms with Crippen LogP contribution in [0.15, 0.2) is 35.1 Å². The van der Waals surface area contributed by atoms with Crippen LogP contribution in [0.3, 0.4) is 0 Å². The van der Waals surface area contributed by atoms with Crippen LogP contribution in [-0.4, -0.2) is 40.8 Å². The molecule has 0 unspecified atom stereocenters. The second kappa shape index (κ2) is 6.50. The summed E-state index contributed by atoms with van der Waals surface area (Å²) in [5.41, 5.74) is 1.35. The normalized spacial score (nSPS) is 32.9. The highest BCUT2D eigenvalue weighted by molar-refractivity contribution is 6.06. The summed E-state index contributed by atoms with van der Waals surface area (Å²) in [4.78, 5) is 38.6. The van der Waals surface area contributed by atoms with E-state index in [4.69, 9.17) is 14.2 Å². The van der Waals surface area contributed by atoms with Crippen molar-refractivity contribution in [3.8, 4) is 0 Å². The Labute approximate surface area is 164 Å². The summed E-state index contributed by atoms with van der Waals surface area (Å²) in [6.45, 7) is 6.97. The fourth-order valence-corrected chi connectivity index (χ4v) is 4.48. The van der Waals surface area contributed by atoms with Gasteiger partial charge in [0.15, 0.2) is 0 Å². The molecule has 2 heterocycles. The number of hydrogen-bond donors (Lipinski definition) is 0. The van der Waals surface area contributed by atoms with Crippen LogP contribution in [0, 0.1) is 11.8 Å². The molecule has 4 rings (SSSR count). The zero-order valence-electron chi connectivity index (χ0n) is 16.6. The first-order chi connectivity index (χ1) is 13.2. The molecule has 0 spiro atoms. The maximum absolute atomic E-state index is 13.1. The Bertz CT molecular complexity index is 830. The van der Waals surface area contributed by atoms with Crippen LogP contribution >= 0.6 is 0 Å². The highest BCUT2D eigenvalue weighted by Gasteiger charge is 2.56. The lowest BCUT2D eigenvalue weighted by molar-refractivity contribution is -0.152. The summed E-state index contributed by atoms with van der Waals surface area (Å²) < 4.78 is 16.1. The summed E-state index contributed by atoms with van der Waals surface area (Å²) in [5.74, 6) is -0.586. The zero-order chi connectivity index (χ0) is 20.2. The lowest BCUT2D eigenvalue weighted by Crippen LogP contribution is -2.43. The molecule has 150 valence electrons. The lowest BCUT2D eigenvalue weighted by Gasteiger charge is -2.27. The van der Waals surface area contributed by atoms with E-state index in [1.54, 1.807) is 33.8 Å². The quantitative estimate of drug-likeness (QED) is 0.313. The van der Waals surface area contributed by atoms with Crippen LogP contribution in [0.5, 0.6) is 0 Å². The molecule has 1 saturated carbocycles. The summed E-state index contributed by atoms with van der Waals surface area (Å²) in [5, 5.41) is 0. The fraction of sp³-hybridized carbons (Fsp3) is 0.571. The van der Waals surface area contributed by atoms with E-state index >= 15 is 0 Å². The number of hydrogen-bond acceptors (Lipinski definition) is 6. The van der Waals surface area contributed by atoms with E-state index in [2.05, 4.69) is 6.08 Å². The third kappa shape index (κ3) is 3.12. The van der Waals surface area contributed by atoms with Gasteiger partial charge in [-0.25, -0.2) is 14.5 Å². The fourth-order valence-electron chi connectivity index (χ4n) is 4.48. The Morgan fingerprint density at radius 2 is 2.07 bits per heavy atom. The van der Waals surface area contributed by atoms with Crippen molar-refractivity contribution in [3.05, 3.63) is 35.1 Å². The average molecular weight is 387 g/mol. The number of likely N-dealkylation sites (tertiary alicyclic amines) is 1. The minimum Gasteiger partial charge on any atom is -0.458 e.